The summed E-state index contributed by atoms with van der Waals surface area (Å²) in [6.45, 7) is 0.165. The van der Waals surface area contributed by atoms with Crippen molar-refractivity contribution in [2.75, 3.05) is 25.2 Å². The molecule has 0 aromatic heterocycles. The highest BCUT2D eigenvalue weighted by Gasteiger charge is 2.28. The molecule has 2 rings (SSSR count). The maximum Gasteiger partial charge on any atom is 0.240 e. The normalized spacial score (nSPS) is 24.2. The zero-order chi connectivity index (χ0) is 11.5. The molecule has 0 aromatic rings. The van der Waals surface area contributed by atoms with Gasteiger partial charge in [0.05, 0.1) is 12.6 Å². The molecule has 1 saturated heterocycles. The maximum absolute atomic E-state index is 11.9. The maximum atomic E-state index is 11.9. The van der Waals surface area contributed by atoms with Crippen LogP contribution in [0, 0.1) is 0 Å². The van der Waals surface area contributed by atoms with Crippen molar-refractivity contribution in [3.8, 4) is 0 Å². The highest BCUT2D eigenvalue weighted by molar-refractivity contribution is 7.99. The monoisotopic (exact) mass is 243 g/mol. The van der Waals surface area contributed by atoms with Crippen LogP contribution >= 0.6 is 11.8 Å². The molecule has 0 aromatic carbocycles. The highest BCUT2D eigenvalue weighted by atomic mass is 32.2. The molecular weight excluding hydrogens is 226 g/mol. The van der Waals surface area contributed by atoms with Gasteiger partial charge in [-0.1, -0.05) is 0 Å². The van der Waals surface area contributed by atoms with Gasteiger partial charge in [-0.15, -0.1) is 11.8 Å². The number of carbonyl (C=O) groups is 2. The second-order valence-electron chi connectivity index (χ2n) is 4.31. The molecule has 0 spiro atoms. The predicted molar refractivity (Wildman–Crippen MR) is 63.1 cm³/mol. The van der Waals surface area contributed by atoms with Gasteiger partial charge in [0.25, 0.3) is 0 Å². The topological polar surface area (TPSA) is 61.4 Å². The molecule has 0 bridgehead atoms. The number of nitrogens with one attached hydrogen (secondary N) is 2. The zero-order valence-electron chi connectivity index (χ0n) is 9.36. The van der Waals surface area contributed by atoms with Crippen molar-refractivity contribution in [1.82, 2.24) is 15.5 Å². The van der Waals surface area contributed by atoms with Crippen LogP contribution in [0.3, 0.4) is 0 Å². The van der Waals surface area contributed by atoms with E-state index in [9.17, 15) is 9.59 Å². The summed E-state index contributed by atoms with van der Waals surface area (Å²) in [6.07, 6.45) is 2.15. The summed E-state index contributed by atoms with van der Waals surface area (Å²) in [4.78, 5) is 24.8. The fourth-order valence-corrected chi connectivity index (χ4v) is 2.55. The van der Waals surface area contributed by atoms with Crippen LogP contribution in [0.25, 0.3) is 0 Å². The minimum Gasteiger partial charge on any atom is -0.352 e. The van der Waals surface area contributed by atoms with E-state index in [1.54, 1.807) is 18.8 Å². The fraction of sp³-hybridized carbons (Fsp3) is 0.800. The van der Waals surface area contributed by atoms with Crippen molar-refractivity contribution in [2.45, 2.75) is 24.9 Å². The number of amides is 2. The van der Waals surface area contributed by atoms with Gasteiger partial charge in [-0.3, -0.25) is 14.9 Å². The Labute approximate surface area is 99.3 Å². The third kappa shape index (κ3) is 3.12. The molecule has 1 atom stereocenters. The molecule has 2 aliphatic rings. The van der Waals surface area contributed by atoms with Crippen LogP contribution in [0.5, 0.6) is 0 Å². The quantitative estimate of drug-likeness (QED) is 0.691. The summed E-state index contributed by atoms with van der Waals surface area (Å²) >= 11 is 1.71. The summed E-state index contributed by atoms with van der Waals surface area (Å²) in [6, 6.07) is 0.236. The Kier molecular flexibility index (Phi) is 3.70. The van der Waals surface area contributed by atoms with E-state index in [4.69, 9.17) is 0 Å². The van der Waals surface area contributed by atoms with Gasteiger partial charge in [0.15, 0.2) is 0 Å². The predicted octanol–water partition coefficient (Wildman–Crippen LogP) is -0.614. The minimum atomic E-state index is -0.122. The third-order valence-corrected chi connectivity index (χ3v) is 3.65. The van der Waals surface area contributed by atoms with Gasteiger partial charge in [0.2, 0.25) is 11.8 Å². The van der Waals surface area contributed by atoms with Gasteiger partial charge in [-0.25, -0.2) is 0 Å². The number of hydrogen-bond donors (Lipinski definition) is 2. The van der Waals surface area contributed by atoms with Gasteiger partial charge in [-0.05, 0) is 12.8 Å². The molecule has 90 valence electrons. The molecule has 2 amide bonds. The van der Waals surface area contributed by atoms with Crippen LogP contribution in [0.1, 0.15) is 12.8 Å². The molecule has 1 aliphatic heterocycles. The first-order chi connectivity index (χ1) is 7.66. The van der Waals surface area contributed by atoms with E-state index in [0.29, 0.717) is 6.04 Å². The van der Waals surface area contributed by atoms with Gasteiger partial charge in [0, 0.05) is 24.7 Å². The molecule has 1 aliphatic carbocycles. The van der Waals surface area contributed by atoms with Crippen LogP contribution < -0.4 is 10.6 Å². The third-order valence-electron chi connectivity index (χ3n) is 2.71. The van der Waals surface area contributed by atoms with Crippen molar-refractivity contribution in [2.24, 2.45) is 0 Å². The van der Waals surface area contributed by atoms with Gasteiger partial charge >= 0.3 is 0 Å². The van der Waals surface area contributed by atoms with Gasteiger partial charge in [-0.2, -0.15) is 0 Å². The second-order valence-corrected chi connectivity index (χ2v) is 5.34. The molecule has 16 heavy (non-hydrogen) atoms. The Morgan fingerprint density at radius 1 is 1.50 bits per heavy atom. The van der Waals surface area contributed by atoms with E-state index in [-0.39, 0.29) is 24.4 Å². The van der Waals surface area contributed by atoms with Gasteiger partial charge in [0.1, 0.15) is 0 Å². The van der Waals surface area contributed by atoms with E-state index in [1.807, 2.05) is 0 Å². The number of hydrogen-bond acceptors (Lipinski definition) is 4. The molecule has 1 heterocycles. The average molecular weight is 243 g/mol. The Hall–Kier alpha value is -0.750. The van der Waals surface area contributed by atoms with Gasteiger partial charge < -0.3 is 10.2 Å². The molecule has 6 heteroatoms. The summed E-state index contributed by atoms with van der Waals surface area (Å²) in [5, 5.41) is 5.98. The molecule has 5 nitrogen and oxygen atoms in total. The van der Waals surface area contributed by atoms with Crippen molar-refractivity contribution in [1.29, 1.82) is 0 Å². The first kappa shape index (κ1) is 11.7. The van der Waals surface area contributed by atoms with Crippen LogP contribution in [-0.4, -0.2) is 54.0 Å². The van der Waals surface area contributed by atoms with Crippen LogP contribution in [0.2, 0.25) is 0 Å². The zero-order valence-corrected chi connectivity index (χ0v) is 10.2. The Balaban J connectivity index is 1.74. The highest BCUT2D eigenvalue weighted by Crippen LogP contribution is 2.18. The fourth-order valence-electron chi connectivity index (χ4n) is 1.61. The standard InChI is InChI=1S/C10H17N3O2S/c1-13(4-9(14)12-7-2-3-7)10(15)8-5-16-6-11-8/h7-8,11H,2-6H2,1H3,(H,12,14). The van der Waals surface area contributed by atoms with Crippen molar-refractivity contribution in [3.05, 3.63) is 0 Å². The second kappa shape index (κ2) is 5.05. The largest absolute Gasteiger partial charge is 0.352 e. The van der Waals surface area contributed by atoms with E-state index < -0.39 is 0 Å². The van der Waals surface area contributed by atoms with E-state index in [2.05, 4.69) is 10.6 Å². The molecular formula is C10H17N3O2S. The summed E-state index contributed by atoms with van der Waals surface area (Å²) in [5.74, 6) is 1.58. The lowest BCUT2D eigenvalue weighted by Gasteiger charge is -2.20. The number of nitrogens with zero attached hydrogens (tertiary/aromatic N) is 1. The van der Waals surface area contributed by atoms with Crippen molar-refractivity contribution >= 4 is 23.6 Å². The number of thioether (sulfide) groups is 1. The summed E-state index contributed by atoms with van der Waals surface area (Å²) in [7, 11) is 1.68. The van der Waals surface area contributed by atoms with Crippen LogP contribution in [0.4, 0.5) is 0 Å². The van der Waals surface area contributed by atoms with Crippen molar-refractivity contribution < 1.29 is 9.59 Å². The average Bonchev–Trinajstić information content (AvgIpc) is 2.89. The molecule has 1 unspecified atom stereocenters. The number of likely N-dealkylation sites (N-methyl/N-ethyl adjacent to an activating group) is 1. The number of carbonyl (C=O) groups excluding carboxylic acids is 2. The molecule has 1 saturated carbocycles. The molecule has 0 radical (unpaired) electrons. The molecule has 2 N–H and O–H groups in total. The Morgan fingerprint density at radius 2 is 2.25 bits per heavy atom. The first-order valence-corrected chi connectivity index (χ1v) is 6.68. The SMILES string of the molecule is CN(CC(=O)NC1CC1)C(=O)C1CSCN1. The minimum absolute atomic E-state index is 0.0101. The smallest absolute Gasteiger partial charge is 0.240 e. The van der Waals surface area contributed by atoms with Crippen LogP contribution in [0.15, 0.2) is 0 Å². The Morgan fingerprint density at radius 3 is 2.81 bits per heavy atom. The summed E-state index contributed by atoms with van der Waals surface area (Å²) in [5.41, 5.74) is 0. The van der Waals surface area contributed by atoms with Crippen molar-refractivity contribution in [3.63, 3.8) is 0 Å². The lowest BCUT2D eigenvalue weighted by atomic mass is 10.3. The number of rotatable bonds is 4. The first-order valence-electron chi connectivity index (χ1n) is 5.52. The Bertz CT molecular complexity index is 288. The lowest BCUT2D eigenvalue weighted by Crippen LogP contribution is -2.47. The summed E-state index contributed by atoms with van der Waals surface area (Å²) < 4.78 is 0. The lowest BCUT2D eigenvalue weighted by molar-refractivity contribution is -0.135. The van der Waals surface area contributed by atoms with E-state index >= 15 is 0 Å². The van der Waals surface area contributed by atoms with Crippen LogP contribution in [-0.2, 0) is 9.59 Å². The molecule has 2 fully saturated rings. The van der Waals surface area contributed by atoms with E-state index in [1.165, 1.54) is 4.90 Å². The van der Waals surface area contributed by atoms with E-state index in [0.717, 1.165) is 24.5 Å².